The first kappa shape index (κ1) is 18.8. The van der Waals surface area contributed by atoms with Crippen molar-refractivity contribution in [3.05, 3.63) is 57.6 Å². The van der Waals surface area contributed by atoms with Gasteiger partial charge in [0.1, 0.15) is 6.10 Å². The molecule has 1 unspecified atom stereocenters. The Morgan fingerprint density at radius 1 is 1.08 bits per heavy atom. The zero-order valence-corrected chi connectivity index (χ0v) is 15.8. The standard InChI is InChI=1S/C21H27ClO2/c1-14-10-8-6-5-7-9-11-17(4)24-21(23)19-15(2)13-16(3)20(22)18(19)12-14/h7-10,13-14,17H,5-6,11-12H2,1-4H3/b9-7+,10-8+/t14?,17-/m1/s1. The summed E-state index contributed by atoms with van der Waals surface area (Å²) >= 11 is 6.56. The summed E-state index contributed by atoms with van der Waals surface area (Å²) in [7, 11) is 0. The first-order chi connectivity index (χ1) is 11.4. The molecule has 0 radical (unpaired) electrons. The molecule has 0 saturated heterocycles. The molecular weight excluding hydrogens is 320 g/mol. The quantitative estimate of drug-likeness (QED) is 0.427. The Morgan fingerprint density at radius 3 is 2.54 bits per heavy atom. The summed E-state index contributed by atoms with van der Waals surface area (Å²) in [6, 6.07) is 1.97. The highest BCUT2D eigenvalue weighted by Crippen LogP contribution is 2.31. The molecule has 0 N–H and O–H groups in total. The van der Waals surface area contributed by atoms with Crippen molar-refractivity contribution >= 4 is 17.6 Å². The Balaban J connectivity index is 2.47. The number of hydrogen-bond donors (Lipinski definition) is 0. The second-order valence-electron chi connectivity index (χ2n) is 6.79. The van der Waals surface area contributed by atoms with Gasteiger partial charge in [-0.1, -0.05) is 48.9 Å². The molecule has 1 aromatic carbocycles. The van der Waals surface area contributed by atoms with E-state index in [-0.39, 0.29) is 12.1 Å². The SMILES string of the molecule is Cc1cc(C)c2c(c1Cl)CC(C)/C=C/CC/C=C/C[C@@H](C)OC2=O. The number of hydrogen-bond acceptors (Lipinski definition) is 2. The van der Waals surface area contributed by atoms with Crippen LogP contribution in [-0.2, 0) is 11.2 Å². The number of cyclic esters (lactones) is 1. The maximum atomic E-state index is 12.8. The number of fused-ring (bicyclic) bond motifs is 1. The summed E-state index contributed by atoms with van der Waals surface area (Å²) in [4.78, 5) is 12.8. The van der Waals surface area contributed by atoms with Crippen LogP contribution in [0, 0.1) is 19.8 Å². The molecule has 1 aliphatic rings. The smallest absolute Gasteiger partial charge is 0.339 e. The fourth-order valence-corrected chi connectivity index (χ4v) is 3.35. The van der Waals surface area contributed by atoms with Crippen LogP contribution < -0.4 is 0 Å². The molecule has 24 heavy (non-hydrogen) atoms. The van der Waals surface area contributed by atoms with Gasteiger partial charge in [-0.25, -0.2) is 4.79 Å². The van der Waals surface area contributed by atoms with E-state index in [4.69, 9.17) is 16.3 Å². The van der Waals surface area contributed by atoms with E-state index in [1.165, 1.54) is 0 Å². The van der Waals surface area contributed by atoms with Crippen molar-refractivity contribution in [3.8, 4) is 0 Å². The molecule has 3 heteroatoms. The Morgan fingerprint density at radius 2 is 1.79 bits per heavy atom. The molecule has 1 aromatic rings. The fourth-order valence-electron chi connectivity index (χ4n) is 3.13. The third kappa shape index (κ3) is 4.73. The summed E-state index contributed by atoms with van der Waals surface area (Å²) < 4.78 is 5.67. The van der Waals surface area contributed by atoms with Crippen molar-refractivity contribution in [2.45, 2.75) is 59.5 Å². The second-order valence-corrected chi connectivity index (χ2v) is 7.17. The highest BCUT2D eigenvalue weighted by molar-refractivity contribution is 6.32. The lowest BCUT2D eigenvalue weighted by molar-refractivity contribution is 0.0345. The normalized spacial score (nSPS) is 25.3. The number of carbonyl (C=O) groups excluding carboxylic acids is 1. The third-order valence-corrected chi connectivity index (χ3v) is 4.90. The molecule has 0 spiro atoms. The molecule has 1 aliphatic heterocycles. The lowest BCUT2D eigenvalue weighted by Gasteiger charge is -2.19. The van der Waals surface area contributed by atoms with Gasteiger partial charge in [0.25, 0.3) is 0 Å². The van der Waals surface area contributed by atoms with E-state index in [0.29, 0.717) is 16.5 Å². The van der Waals surface area contributed by atoms with Gasteiger partial charge in [-0.05, 0) is 62.6 Å². The number of rotatable bonds is 0. The number of benzene rings is 1. The number of aryl methyl sites for hydroxylation is 2. The first-order valence-electron chi connectivity index (χ1n) is 8.71. The summed E-state index contributed by atoms with van der Waals surface area (Å²) in [5.74, 6) is 0.0538. The van der Waals surface area contributed by atoms with Gasteiger partial charge in [0.2, 0.25) is 0 Å². The van der Waals surface area contributed by atoms with E-state index in [2.05, 4.69) is 31.2 Å². The number of halogens is 1. The molecule has 0 bridgehead atoms. The molecule has 0 fully saturated rings. The Labute approximate surface area is 150 Å². The van der Waals surface area contributed by atoms with Crippen LogP contribution in [0.1, 0.15) is 60.2 Å². The van der Waals surface area contributed by atoms with Gasteiger partial charge in [0, 0.05) is 11.4 Å². The van der Waals surface area contributed by atoms with Crippen molar-refractivity contribution in [3.63, 3.8) is 0 Å². The number of ether oxygens (including phenoxy) is 1. The predicted molar refractivity (Wildman–Crippen MR) is 101 cm³/mol. The average Bonchev–Trinajstić information content (AvgIpc) is 2.50. The monoisotopic (exact) mass is 346 g/mol. The zero-order valence-electron chi connectivity index (χ0n) is 15.1. The number of allylic oxidation sites excluding steroid dienone is 3. The minimum Gasteiger partial charge on any atom is -0.459 e. The molecule has 1 heterocycles. The van der Waals surface area contributed by atoms with Crippen LogP contribution >= 0.6 is 11.6 Å². The second kappa shape index (κ2) is 8.53. The van der Waals surface area contributed by atoms with Crippen LogP contribution in [0.25, 0.3) is 0 Å². The largest absolute Gasteiger partial charge is 0.459 e. The van der Waals surface area contributed by atoms with Gasteiger partial charge in [-0.15, -0.1) is 0 Å². The Kier molecular flexibility index (Phi) is 6.68. The minimum atomic E-state index is -0.265. The van der Waals surface area contributed by atoms with Gasteiger partial charge >= 0.3 is 5.97 Å². The van der Waals surface area contributed by atoms with E-state index >= 15 is 0 Å². The first-order valence-corrected chi connectivity index (χ1v) is 9.09. The van der Waals surface area contributed by atoms with Crippen molar-refractivity contribution in [1.29, 1.82) is 0 Å². The van der Waals surface area contributed by atoms with E-state index in [9.17, 15) is 4.79 Å². The van der Waals surface area contributed by atoms with Gasteiger partial charge in [0.05, 0.1) is 5.56 Å². The molecule has 0 aromatic heterocycles. The van der Waals surface area contributed by atoms with Crippen LogP contribution in [0.3, 0.4) is 0 Å². The molecule has 130 valence electrons. The number of carbonyl (C=O) groups is 1. The van der Waals surface area contributed by atoms with E-state index < -0.39 is 0 Å². The zero-order chi connectivity index (χ0) is 17.7. The van der Waals surface area contributed by atoms with Gasteiger partial charge in [-0.3, -0.25) is 0 Å². The van der Waals surface area contributed by atoms with Crippen molar-refractivity contribution in [2.75, 3.05) is 0 Å². The highest BCUT2D eigenvalue weighted by Gasteiger charge is 2.22. The van der Waals surface area contributed by atoms with Gasteiger partial charge in [0.15, 0.2) is 0 Å². The van der Waals surface area contributed by atoms with Crippen LogP contribution in [0.4, 0.5) is 0 Å². The lowest BCUT2D eigenvalue weighted by atomic mass is 9.91. The minimum absolute atomic E-state index is 0.142. The summed E-state index contributed by atoms with van der Waals surface area (Å²) in [6.07, 6.45) is 12.1. The molecule has 0 saturated carbocycles. The van der Waals surface area contributed by atoms with E-state index in [0.717, 1.165) is 42.4 Å². The summed E-state index contributed by atoms with van der Waals surface area (Å²) in [6.45, 7) is 8.03. The highest BCUT2D eigenvalue weighted by atomic mass is 35.5. The molecule has 2 rings (SSSR count). The topological polar surface area (TPSA) is 26.3 Å². The molecule has 2 atom stereocenters. The van der Waals surface area contributed by atoms with Crippen molar-refractivity contribution in [2.24, 2.45) is 5.92 Å². The molecule has 0 amide bonds. The Bertz CT molecular complexity index is 658. The Hall–Kier alpha value is -1.54. The maximum Gasteiger partial charge on any atom is 0.339 e. The lowest BCUT2D eigenvalue weighted by Crippen LogP contribution is -2.18. The molecule has 2 nitrogen and oxygen atoms in total. The van der Waals surface area contributed by atoms with Crippen LogP contribution in [-0.4, -0.2) is 12.1 Å². The van der Waals surface area contributed by atoms with Crippen molar-refractivity contribution < 1.29 is 9.53 Å². The average molecular weight is 347 g/mol. The van der Waals surface area contributed by atoms with Crippen molar-refractivity contribution in [1.82, 2.24) is 0 Å². The van der Waals surface area contributed by atoms with Gasteiger partial charge < -0.3 is 4.74 Å². The maximum absolute atomic E-state index is 12.8. The van der Waals surface area contributed by atoms with Crippen LogP contribution in [0.2, 0.25) is 5.02 Å². The summed E-state index contributed by atoms with van der Waals surface area (Å²) in [5.41, 5.74) is 3.49. The van der Waals surface area contributed by atoms with E-state index in [1.54, 1.807) is 0 Å². The van der Waals surface area contributed by atoms with Crippen LogP contribution in [0.5, 0.6) is 0 Å². The third-order valence-electron chi connectivity index (χ3n) is 4.38. The van der Waals surface area contributed by atoms with Gasteiger partial charge in [-0.2, -0.15) is 0 Å². The van der Waals surface area contributed by atoms with E-state index in [1.807, 2.05) is 26.8 Å². The predicted octanol–water partition coefficient (Wildman–Crippen LogP) is 5.98. The van der Waals surface area contributed by atoms with Crippen LogP contribution in [0.15, 0.2) is 30.4 Å². The summed E-state index contributed by atoms with van der Waals surface area (Å²) in [5, 5.41) is 0.687. The fraction of sp³-hybridized carbons (Fsp3) is 0.476. The molecular formula is C21H27ClO2. The molecule has 0 aliphatic carbocycles. The number of esters is 1.